The van der Waals surface area contributed by atoms with Crippen LogP contribution in [0.5, 0.6) is 11.5 Å². The number of nitrogens with one attached hydrogen (secondary N) is 3. The Morgan fingerprint density at radius 3 is 2.59 bits per heavy atom. The number of rotatable bonds is 5. The molecule has 2 aromatic heterocycles. The van der Waals surface area contributed by atoms with Gasteiger partial charge in [-0.15, -0.1) is 0 Å². The highest BCUT2D eigenvalue weighted by Crippen LogP contribution is 2.38. The molecule has 0 aliphatic carbocycles. The van der Waals surface area contributed by atoms with Crippen molar-refractivity contribution in [2.24, 2.45) is 4.99 Å². The summed E-state index contributed by atoms with van der Waals surface area (Å²) in [6.45, 7) is 6.15. The molecule has 3 heterocycles. The molecule has 3 N–H and O–H groups in total. The molecule has 0 radical (unpaired) electrons. The summed E-state index contributed by atoms with van der Waals surface area (Å²) in [6, 6.07) is 10.8. The number of carbonyl (C=O) groups is 1. The van der Waals surface area contributed by atoms with Gasteiger partial charge in [0.2, 0.25) is 0 Å². The van der Waals surface area contributed by atoms with E-state index in [9.17, 15) is 22.4 Å². The Morgan fingerprint density at radius 2 is 1.85 bits per heavy atom. The van der Waals surface area contributed by atoms with Crippen LogP contribution in [-0.2, 0) is 11.6 Å². The molecule has 9 nitrogen and oxygen atoms in total. The van der Waals surface area contributed by atoms with E-state index in [2.05, 4.69) is 31.0 Å². The predicted octanol–water partition coefficient (Wildman–Crippen LogP) is 7.29. The van der Waals surface area contributed by atoms with Gasteiger partial charge in [-0.3, -0.25) is 10.3 Å². The largest absolute Gasteiger partial charge is 0.455 e. The standard InChI is InChI=1S/C28H25F4N7O2/c1-27(2,3)22-15-23(39(38-22)17-6-4-5-16(13-17)28(30,31)32)37-26(40)36-20-8-7-18(14-19(20)29)41-21-9-10-34-25-24(21)33-11-12-35-25/h4-11,13-15H,12H2,1-3H3,(H,34,35)(H2,36,37,40). The second-order valence-corrected chi connectivity index (χ2v) is 10.1. The van der Waals surface area contributed by atoms with Crippen LogP contribution in [0.4, 0.5) is 45.4 Å². The van der Waals surface area contributed by atoms with Crippen LogP contribution in [0, 0.1) is 5.82 Å². The van der Waals surface area contributed by atoms with Gasteiger partial charge in [-0.1, -0.05) is 26.8 Å². The lowest BCUT2D eigenvalue weighted by Crippen LogP contribution is -2.22. The number of fused-ring (bicyclic) bond motifs is 1. The van der Waals surface area contributed by atoms with Crippen molar-refractivity contribution in [1.29, 1.82) is 0 Å². The molecule has 41 heavy (non-hydrogen) atoms. The predicted molar refractivity (Wildman–Crippen MR) is 147 cm³/mol. The molecule has 0 fully saturated rings. The van der Waals surface area contributed by atoms with E-state index in [1.807, 2.05) is 20.8 Å². The first-order valence-corrected chi connectivity index (χ1v) is 12.5. The second kappa shape index (κ2) is 10.6. The molecule has 0 spiro atoms. The number of halogens is 4. The van der Waals surface area contributed by atoms with Crippen molar-refractivity contribution in [1.82, 2.24) is 14.8 Å². The number of hydrogen-bond donors (Lipinski definition) is 3. The number of ether oxygens (including phenoxy) is 1. The number of carbonyl (C=O) groups excluding carboxylic acids is 1. The van der Waals surface area contributed by atoms with E-state index in [4.69, 9.17) is 4.74 Å². The zero-order valence-electron chi connectivity index (χ0n) is 22.2. The summed E-state index contributed by atoms with van der Waals surface area (Å²) in [5, 5.41) is 12.5. The summed E-state index contributed by atoms with van der Waals surface area (Å²) in [4.78, 5) is 21.3. The molecular formula is C28H25F4N7O2. The van der Waals surface area contributed by atoms with Gasteiger partial charge < -0.3 is 15.4 Å². The highest BCUT2D eigenvalue weighted by molar-refractivity contribution is 5.99. The van der Waals surface area contributed by atoms with Crippen molar-refractivity contribution in [3.8, 4) is 17.2 Å². The molecule has 0 saturated heterocycles. The van der Waals surface area contributed by atoms with Crippen molar-refractivity contribution in [2.45, 2.75) is 32.4 Å². The van der Waals surface area contributed by atoms with Crippen molar-refractivity contribution in [3.05, 3.63) is 77.9 Å². The average molecular weight is 568 g/mol. The maximum absolute atomic E-state index is 15.0. The number of hydrogen-bond acceptors (Lipinski definition) is 6. The molecular weight excluding hydrogens is 542 g/mol. The number of aromatic nitrogens is 3. The fourth-order valence-electron chi connectivity index (χ4n) is 3.96. The summed E-state index contributed by atoms with van der Waals surface area (Å²) >= 11 is 0. The zero-order valence-corrected chi connectivity index (χ0v) is 22.2. The maximum atomic E-state index is 15.0. The van der Waals surface area contributed by atoms with Crippen molar-refractivity contribution in [3.63, 3.8) is 0 Å². The first-order chi connectivity index (χ1) is 19.4. The van der Waals surface area contributed by atoms with Gasteiger partial charge in [-0.2, -0.15) is 18.3 Å². The topological polar surface area (TPSA) is 105 Å². The van der Waals surface area contributed by atoms with E-state index in [0.29, 0.717) is 29.5 Å². The maximum Gasteiger partial charge on any atom is 0.416 e. The summed E-state index contributed by atoms with van der Waals surface area (Å²) in [6.07, 6.45) is -1.37. The minimum atomic E-state index is -4.56. The summed E-state index contributed by atoms with van der Waals surface area (Å²) < 4.78 is 61.9. The Labute approximate surface area is 232 Å². The molecule has 13 heteroatoms. The zero-order chi connectivity index (χ0) is 29.4. The molecule has 5 rings (SSSR count). The number of alkyl halides is 3. The lowest BCUT2D eigenvalue weighted by Gasteiger charge is -2.15. The van der Waals surface area contributed by atoms with Gasteiger partial charge in [0, 0.05) is 36.0 Å². The van der Waals surface area contributed by atoms with Crippen LogP contribution in [0.3, 0.4) is 0 Å². The lowest BCUT2D eigenvalue weighted by molar-refractivity contribution is -0.137. The lowest BCUT2D eigenvalue weighted by atomic mass is 9.92. The van der Waals surface area contributed by atoms with Gasteiger partial charge in [-0.25, -0.2) is 18.9 Å². The Balaban J connectivity index is 1.35. The SMILES string of the molecule is CC(C)(C)c1cc(NC(=O)Nc2ccc(Oc3ccnc4c3N=CCN4)cc2F)n(-c2cccc(C(F)(F)F)c2)n1. The minimum absolute atomic E-state index is 0.0937. The third kappa shape index (κ3) is 6.13. The Bertz CT molecular complexity index is 1640. The molecule has 0 unspecified atom stereocenters. The van der Waals surface area contributed by atoms with Crippen molar-refractivity contribution >= 4 is 35.3 Å². The molecule has 4 aromatic rings. The minimum Gasteiger partial charge on any atom is -0.455 e. The first-order valence-electron chi connectivity index (χ1n) is 12.5. The molecule has 0 bridgehead atoms. The summed E-state index contributed by atoms with van der Waals surface area (Å²) in [5.41, 5.74) is -0.387. The Kier molecular flexibility index (Phi) is 7.11. The number of anilines is 3. The van der Waals surface area contributed by atoms with Crippen LogP contribution in [0.1, 0.15) is 32.0 Å². The highest BCUT2D eigenvalue weighted by Gasteiger charge is 2.31. The van der Waals surface area contributed by atoms with E-state index in [1.54, 1.807) is 18.3 Å². The van der Waals surface area contributed by atoms with E-state index < -0.39 is 29.0 Å². The Morgan fingerprint density at radius 1 is 1.05 bits per heavy atom. The monoisotopic (exact) mass is 567 g/mol. The van der Waals surface area contributed by atoms with Gasteiger partial charge in [0.15, 0.2) is 11.6 Å². The van der Waals surface area contributed by atoms with Crippen LogP contribution in [0.15, 0.2) is 65.8 Å². The van der Waals surface area contributed by atoms with E-state index in [-0.39, 0.29) is 22.9 Å². The number of pyridine rings is 1. The van der Waals surface area contributed by atoms with Gasteiger partial charge in [0.25, 0.3) is 0 Å². The molecule has 212 valence electrons. The third-order valence-electron chi connectivity index (χ3n) is 6.02. The summed E-state index contributed by atoms with van der Waals surface area (Å²) in [5.74, 6) is 0.404. The van der Waals surface area contributed by atoms with Crippen LogP contribution in [0.25, 0.3) is 5.69 Å². The summed E-state index contributed by atoms with van der Waals surface area (Å²) in [7, 11) is 0. The molecule has 2 amide bonds. The number of benzene rings is 2. The van der Waals surface area contributed by atoms with E-state index in [0.717, 1.165) is 18.2 Å². The normalized spacial score (nSPS) is 12.9. The van der Waals surface area contributed by atoms with Gasteiger partial charge in [0.1, 0.15) is 23.1 Å². The smallest absolute Gasteiger partial charge is 0.416 e. The van der Waals surface area contributed by atoms with Gasteiger partial charge in [0.05, 0.1) is 29.2 Å². The Hall–Kier alpha value is -4.94. The fraction of sp³-hybridized carbons (Fsp3) is 0.214. The van der Waals surface area contributed by atoms with Crippen molar-refractivity contribution in [2.75, 3.05) is 22.5 Å². The number of urea groups is 1. The molecule has 1 aliphatic heterocycles. The van der Waals surface area contributed by atoms with Crippen LogP contribution < -0.4 is 20.7 Å². The molecule has 2 aromatic carbocycles. The van der Waals surface area contributed by atoms with Crippen LogP contribution in [-0.4, -0.2) is 33.6 Å². The highest BCUT2D eigenvalue weighted by atomic mass is 19.4. The fourth-order valence-corrected chi connectivity index (χ4v) is 3.96. The third-order valence-corrected chi connectivity index (χ3v) is 6.02. The second-order valence-electron chi connectivity index (χ2n) is 10.1. The van der Waals surface area contributed by atoms with Crippen LogP contribution in [0.2, 0.25) is 0 Å². The molecule has 1 aliphatic rings. The van der Waals surface area contributed by atoms with E-state index >= 15 is 0 Å². The van der Waals surface area contributed by atoms with Crippen LogP contribution >= 0.6 is 0 Å². The quantitative estimate of drug-likeness (QED) is 0.220. The van der Waals surface area contributed by atoms with Crippen molar-refractivity contribution < 1.29 is 27.1 Å². The molecule has 0 saturated carbocycles. The van der Waals surface area contributed by atoms with Gasteiger partial charge in [-0.05, 0) is 30.3 Å². The first kappa shape index (κ1) is 27.6. The number of amides is 2. The average Bonchev–Trinajstić information content (AvgIpc) is 3.34. The van der Waals surface area contributed by atoms with Gasteiger partial charge >= 0.3 is 12.2 Å². The number of nitrogens with zero attached hydrogens (tertiary/aromatic N) is 4. The number of aliphatic imine (C=N–C) groups is 1. The van der Waals surface area contributed by atoms with E-state index in [1.165, 1.54) is 35.1 Å². The molecule has 0 atom stereocenters.